The molecule has 0 amide bonds. The molecule has 106 valence electrons. The molecule has 4 heterocycles. The molecule has 0 saturated carbocycles. The molecule has 0 aliphatic carbocycles. The van der Waals surface area contributed by atoms with E-state index < -0.39 is 5.54 Å². The highest BCUT2D eigenvalue weighted by Gasteiger charge is 2.58. The van der Waals surface area contributed by atoms with Crippen LogP contribution >= 0.6 is 0 Å². The van der Waals surface area contributed by atoms with E-state index in [4.69, 9.17) is 18.3 Å². The van der Waals surface area contributed by atoms with Crippen LogP contribution in [0.2, 0.25) is 0 Å². The number of hydrogen-bond acceptors (Lipinski definition) is 6. The predicted octanol–water partition coefficient (Wildman–Crippen LogP) is 1.66. The highest BCUT2D eigenvalue weighted by atomic mass is 16.6. The zero-order chi connectivity index (χ0) is 13.6. The second-order valence-electron chi connectivity index (χ2n) is 5.15. The summed E-state index contributed by atoms with van der Waals surface area (Å²) < 4.78 is 22.6. The number of ether oxygens (including phenoxy) is 2. The van der Waals surface area contributed by atoms with Gasteiger partial charge in [0.05, 0.1) is 37.9 Å². The Labute approximate surface area is 115 Å². The zero-order valence-corrected chi connectivity index (χ0v) is 10.8. The topological polar surface area (TPSA) is 68.2 Å². The Bertz CT molecular complexity index is 518. The van der Waals surface area contributed by atoms with Gasteiger partial charge in [0.15, 0.2) is 12.5 Å². The Morgan fingerprint density at radius 3 is 2.00 bits per heavy atom. The number of hydrogen-bond donors (Lipinski definition) is 1. The van der Waals surface area contributed by atoms with Gasteiger partial charge in [-0.05, 0) is 24.3 Å². The van der Waals surface area contributed by atoms with Gasteiger partial charge in [-0.25, -0.2) is 4.90 Å². The fourth-order valence-electron chi connectivity index (χ4n) is 2.91. The molecular weight excluding hydrogens is 262 g/mol. The van der Waals surface area contributed by atoms with Crippen LogP contribution in [-0.4, -0.2) is 35.4 Å². The minimum atomic E-state index is -0.547. The first-order valence-corrected chi connectivity index (χ1v) is 6.53. The molecule has 4 rings (SSSR count). The first-order valence-electron chi connectivity index (χ1n) is 6.53. The Kier molecular flexibility index (Phi) is 2.71. The molecule has 6 heteroatoms. The predicted molar refractivity (Wildman–Crippen MR) is 66.5 cm³/mol. The van der Waals surface area contributed by atoms with Crippen molar-refractivity contribution < 1.29 is 23.4 Å². The smallest absolute Gasteiger partial charge is 0.172 e. The monoisotopic (exact) mass is 277 g/mol. The van der Waals surface area contributed by atoms with Crippen LogP contribution in [0.1, 0.15) is 24.0 Å². The van der Waals surface area contributed by atoms with Crippen LogP contribution in [0.15, 0.2) is 45.6 Å². The fraction of sp³-hybridized carbons (Fsp3) is 0.429. The molecule has 2 atom stereocenters. The normalized spacial score (nSPS) is 33.6. The second kappa shape index (κ2) is 4.46. The highest BCUT2D eigenvalue weighted by Crippen LogP contribution is 2.48. The van der Waals surface area contributed by atoms with E-state index in [1.54, 1.807) is 12.5 Å². The van der Waals surface area contributed by atoms with Gasteiger partial charge in [-0.3, -0.25) is 0 Å². The minimum absolute atomic E-state index is 0.0403. The lowest BCUT2D eigenvalue weighted by molar-refractivity contribution is -0.0799. The van der Waals surface area contributed by atoms with Crippen molar-refractivity contribution in [2.24, 2.45) is 0 Å². The van der Waals surface area contributed by atoms with Gasteiger partial charge in [0.25, 0.3) is 0 Å². The van der Waals surface area contributed by atoms with E-state index in [0.717, 1.165) is 0 Å². The highest BCUT2D eigenvalue weighted by molar-refractivity contribution is 5.15. The van der Waals surface area contributed by atoms with Gasteiger partial charge < -0.3 is 23.4 Å². The second-order valence-corrected chi connectivity index (χ2v) is 5.15. The molecule has 2 aromatic rings. The molecule has 1 N–H and O–H groups in total. The van der Waals surface area contributed by atoms with Gasteiger partial charge in [0, 0.05) is 0 Å². The van der Waals surface area contributed by atoms with Crippen LogP contribution in [0, 0.1) is 0 Å². The van der Waals surface area contributed by atoms with E-state index in [2.05, 4.69) is 0 Å². The molecule has 2 aliphatic heterocycles. The van der Waals surface area contributed by atoms with Crippen LogP contribution in [0.25, 0.3) is 0 Å². The van der Waals surface area contributed by atoms with Gasteiger partial charge in [-0.2, -0.15) is 0 Å². The quantitative estimate of drug-likeness (QED) is 0.920. The maximum absolute atomic E-state index is 9.79. The average Bonchev–Trinajstić information content (AvgIpc) is 3.22. The molecular formula is C14H15NO5. The average molecular weight is 277 g/mol. The third-order valence-electron chi connectivity index (χ3n) is 3.94. The summed E-state index contributed by atoms with van der Waals surface area (Å²) in [6, 6.07) is 7.35. The molecule has 0 bridgehead atoms. The van der Waals surface area contributed by atoms with Crippen LogP contribution in [0.5, 0.6) is 0 Å². The lowest BCUT2D eigenvalue weighted by Crippen LogP contribution is -2.47. The van der Waals surface area contributed by atoms with Gasteiger partial charge in [0.1, 0.15) is 11.5 Å². The number of nitrogens with zero attached hydrogens (tertiary/aromatic N) is 1. The summed E-state index contributed by atoms with van der Waals surface area (Å²) in [5.74, 6) is 1.39. The number of furan rings is 2. The van der Waals surface area contributed by atoms with Gasteiger partial charge in [0.2, 0.25) is 0 Å². The summed E-state index contributed by atoms with van der Waals surface area (Å²) in [5.41, 5.74) is -0.547. The van der Waals surface area contributed by atoms with Gasteiger partial charge in [-0.1, -0.05) is 0 Å². The Balaban J connectivity index is 1.74. The van der Waals surface area contributed by atoms with Crippen molar-refractivity contribution >= 4 is 0 Å². The van der Waals surface area contributed by atoms with Crippen LogP contribution in [0.4, 0.5) is 0 Å². The minimum Gasteiger partial charge on any atom is -0.465 e. The fourth-order valence-corrected chi connectivity index (χ4v) is 2.91. The largest absolute Gasteiger partial charge is 0.465 e. The van der Waals surface area contributed by atoms with E-state index in [1.807, 2.05) is 29.2 Å². The molecule has 0 aromatic carbocycles. The molecule has 20 heavy (non-hydrogen) atoms. The first kappa shape index (κ1) is 12.2. The van der Waals surface area contributed by atoms with Gasteiger partial charge >= 0.3 is 0 Å². The zero-order valence-electron chi connectivity index (χ0n) is 10.8. The molecule has 2 aromatic heterocycles. The van der Waals surface area contributed by atoms with E-state index >= 15 is 0 Å². The molecule has 2 fully saturated rings. The van der Waals surface area contributed by atoms with Gasteiger partial charge in [-0.15, -0.1) is 0 Å². The molecule has 0 radical (unpaired) electrons. The summed E-state index contributed by atoms with van der Waals surface area (Å²) in [7, 11) is 0. The van der Waals surface area contributed by atoms with Crippen molar-refractivity contribution in [2.45, 2.75) is 18.0 Å². The first-order chi connectivity index (χ1) is 9.84. The number of rotatable bonds is 3. The van der Waals surface area contributed by atoms with E-state index in [-0.39, 0.29) is 19.1 Å². The number of aliphatic hydroxyl groups excluding tert-OH is 1. The molecule has 2 aliphatic rings. The van der Waals surface area contributed by atoms with E-state index in [0.29, 0.717) is 24.7 Å². The van der Waals surface area contributed by atoms with Crippen LogP contribution < -0.4 is 0 Å². The lowest BCUT2D eigenvalue weighted by Gasteiger charge is -2.30. The molecule has 6 nitrogen and oxygen atoms in total. The number of fused-ring (bicyclic) bond motifs is 1. The maximum atomic E-state index is 9.79. The Morgan fingerprint density at radius 2 is 1.60 bits per heavy atom. The Morgan fingerprint density at radius 1 is 1.05 bits per heavy atom. The van der Waals surface area contributed by atoms with Crippen LogP contribution in [0.3, 0.4) is 0 Å². The van der Waals surface area contributed by atoms with Crippen molar-refractivity contribution in [3.63, 3.8) is 0 Å². The summed E-state index contributed by atoms with van der Waals surface area (Å²) in [6.45, 7) is 0.750. The van der Waals surface area contributed by atoms with Crippen molar-refractivity contribution in [3.05, 3.63) is 48.3 Å². The van der Waals surface area contributed by atoms with Crippen LogP contribution in [-0.2, 0) is 9.47 Å². The third-order valence-corrected chi connectivity index (χ3v) is 3.94. The van der Waals surface area contributed by atoms with E-state index in [1.165, 1.54) is 0 Å². The van der Waals surface area contributed by atoms with Crippen molar-refractivity contribution in [2.75, 3.05) is 19.8 Å². The maximum Gasteiger partial charge on any atom is 0.172 e. The van der Waals surface area contributed by atoms with E-state index in [9.17, 15) is 5.11 Å². The molecule has 2 unspecified atom stereocenters. The lowest BCUT2D eigenvalue weighted by atomic mass is 10.0. The molecule has 0 spiro atoms. The number of aliphatic hydroxyl groups is 1. The molecule has 2 saturated heterocycles. The summed E-state index contributed by atoms with van der Waals surface area (Å²) in [6.07, 6.45) is 2.46. The summed E-state index contributed by atoms with van der Waals surface area (Å²) in [4.78, 5) is 1.99. The third kappa shape index (κ3) is 1.59. The van der Waals surface area contributed by atoms with Crippen molar-refractivity contribution in [1.82, 2.24) is 4.90 Å². The van der Waals surface area contributed by atoms with Crippen molar-refractivity contribution in [3.8, 4) is 0 Å². The Hall–Kier alpha value is -1.60. The van der Waals surface area contributed by atoms with Crippen molar-refractivity contribution in [1.29, 1.82) is 0 Å². The SMILES string of the molecule is OCC12COC(c3ccco3)N1C(c1ccco1)OC2. The summed E-state index contributed by atoms with van der Waals surface area (Å²) >= 11 is 0. The summed E-state index contributed by atoms with van der Waals surface area (Å²) in [5, 5.41) is 9.79. The standard InChI is InChI=1S/C14H15NO5/c16-7-14-8-19-12(10-3-1-5-17-10)15(14)13(20-9-14)11-4-2-6-18-11/h1-6,12-13,16H,7-9H2.